The van der Waals surface area contributed by atoms with Crippen LogP contribution >= 0.6 is 0 Å². The number of carboxylic acid groups (broad SMARTS) is 1. The van der Waals surface area contributed by atoms with Crippen LogP contribution < -0.4 is 10.2 Å². The Morgan fingerprint density at radius 1 is 1.00 bits per heavy atom. The van der Waals surface area contributed by atoms with Gasteiger partial charge in [-0.3, -0.25) is 9.79 Å². The Morgan fingerprint density at radius 2 is 1.48 bits per heavy atom. The van der Waals surface area contributed by atoms with E-state index in [9.17, 15) is 19.8 Å². The molecule has 1 aliphatic rings. The summed E-state index contributed by atoms with van der Waals surface area (Å²) < 4.78 is 0. The molecule has 0 aromatic rings. The number of nitrogens with zero attached hydrogens (tertiary/aromatic N) is 1. The summed E-state index contributed by atoms with van der Waals surface area (Å²) in [7, 11) is 0. The van der Waals surface area contributed by atoms with Gasteiger partial charge in [-0.05, 0) is 25.8 Å². The van der Waals surface area contributed by atoms with Gasteiger partial charge in [0.2, 0.25) is 0 Å². The molecule has 6 heteroatoms. The van der Waals surface area contributed by atoms with Crippen LogP contribution in [0.25, 0.3) is 0 Å². The van der Waals surface area contributed by atoms with Gasteiger partial charge in [-0.2, -0.15) is 0 Å². The van der Waals surface area contributed by atoms with Crippen LogP contribution in [-0.4, -0.2) is 24.0 Å². The predicted molar refractivity (Wildman–Crippen MR) is 74.0 cm³/mol. The van der Waals surface area contributed by atoms with Crippen molar-refractivity contribution in [2.24, 2.45) is 4.99 Å². The van der Waals surface area contributed by atoms with Crippen LogP contribution in [0.1, 0.15) is 58.8 Å². The van der Waals surface area contributed by atoms with E-state index in [0.717, 1.165) is 25.1 Å². The van der Waals surface area contributed by atoms with Crippen LogP contribution in [0.2, 0.25) is 0 Å². The van der Waals surface area contributed by atoms with Crippen LogP contribution in [-0.2, 0) is 26.7 Å². The molecule has 1 aliphatic carbocycles. The summed E-state index contributed by atoms with van der Waals surface area (Å²) in [5, 5.41) is 20.1. The second-order valence-electron chi connectivity index (χ2n) is 4.96. The number of allylic oxidation sites excluding steroid dienone is 2. The predicted octanol–water partition coefficient (Wildman–Crippen LogP) is 0.757. The maximum atomic E-state index is 10.1. The molecule has 0 aromatic carbocycles. The van der Waals surface area contributed by atoms with Crippen LogP contribution in [0, 0.1) is 0 Å². The molecule has 0 bridgehead atoms. The third-order valence-corrected chi connectivity index (χ3v) is 2.87. The van der Waals surface area contributed by atoms with Gasteiger partial charge in [0.15, 0.2) is 5.78 Å². The first-order valence-electron chi connectivity index (χ1n) is 7.02. The number of hydrogen-bond donors (Lipinski definition) is 0. The zero-order chi connectivity index (χ0) is 15.4. The van der Waals surface area contributed by atoms with Crippen molar-refractivity contribution in [3.05, 3.63) is 11.8 Å². The summed E-state index contributed by atoms with van der Waals surface area (Å²) in [5.41, 5.74) is 0. The van der Waals surface area contributed by atoms with E-state index in [1.54, 1.807) is 0 Å². The molecule has 21 heavy (non-hydrogen) atoms. The van der Waals surface area contributed by atoms with Crippen molar-refractivity contribution in [2.45, 2.75) is 64.8 Å². The second-order valence-corrected chi connectivity index (χ2v) is 4.96. The fraction of sp³-hybridized carbons (Fsp3) is 0.667. The Morgan fingerprint density at radius 3 is 1.81 bits per heavy atom. The van der Waals surface area contributed by atoms with Gasteiger partial charge in [0, 0.05) is 12.3 Å². The number of aliphatic imine (C=N–C) groups is 1. The molecule has 0 unspecified atom stereocenters. The maximum Gasteiger partial charge on any atom is 2.00 e. The fourth-order valence-electron chi connectivity index (χ4n) is 2.04. The van der Waals surface area contributed by atoms with Crippen molar-refractivity contribution in [2.75, 3.05) is 0 Å². The number of aliphatic carboxylic acids is 1. The van der Waals surface area contributed by atoms with E-state index in [4.69, 9.17) is 0 Å². The summed E-state index contributed by atoms with van der Waals surface area (Å²) >= 11 is 0. The van der Waals surface area contributed by atoms with Crippen LogP contribution in [0.5, 0.6) is 0 Å². The van der Waals surface area contributed by atoms with Gasteiger partial charge < -0.3 is 15.0 Å². The molecular formula is C15H23CuNO4. The van der Waals surface area contributed by atoms with Crippen molar-refractivity contribution < 1.29 is 36.9 Å². The molecule has 0 heterocycles. The minimum Gasteiger partial charge on any atom is -0.876 e. The molecular weight excluding hydrogens is 322 g/mol. The smallest absolute Gasteiger partial charge is 0.876 e. The molecule has 0 saturated heterocycles. The van der Waals surface area contributed by atoms with Gasteiger partial charge in [0.25, 0.3) is 0 Å². The molecule has 0 amide bonds. The minimum atomic E-state index is -1.18. The number of rotatable bonds is 3. The van der Waals surface area contributed by atoms with E-state index in [1.807, 2.05) is 0 Å². The second kappa shape index (κ2) is 13.8. The molecule has 0 aromatic heterocycles. The Balaban J connectivity index is 0. The average Bonchev–Trinajstić information content (AvgIpc) is 2.25. The quantitative estimate of drug-likeness (QED) is 0.327. The summed E-state index contributed by atoms with van der Waals surface area (Å²) in [4.78, 5) is 24.1. The molecule has 1 radical (unpaired) electrons. The largest absolute Gasteiger partial charge is 2.00 e. The van der Waals surface area contributed by atoms with Gasteiger partial charge in [-0.1, -0.05) is 39.0 Å². The Bertz CT molecular complexity index is 355. The number of carbonyl (C=O) groups excluding carboxylic acids is 2. The van der Waals surface area contributed by atoms with E-state index < -0.39 is 5.97 Å². The molecule has 123 valence electrons. The van der Waals surface area contributed by atoms with E-state index >= 15 is 0 Å². The first-order valence-corrected chi connectivity index (χ1v) is 7.02. The van der Waals surface area contributed by atoms with Crippen LogP contribution in [0.3, 0.4) is 0 Å². The van der Waals surface area contributed by atoms with Crippen molar-refractivity contribution in [1.82, 2.24) is 0 Å². The summed E-state index contributed by atoms with van der Waals surface area (Å²) in [5.74, 6) is -1.55. The molecule has 0 atom stereocenters. The standard InChI is InChI=1S/C10H17NO2.C5H8O2.Cu/c12-10(13)8-11-9-6-4-2-1-3-5-7-9;1-4(6)3-5(2)7;/h8-9H,1-7H2,(H,12,13);3,6H,1-2H3;/q;;+2/p-2/b;4-3-;. The van der Waals surface area contributed by atoms with Crippen molar-refractivity contribution >= 4 is 18.0 Å². The third kappa shape index (κ3) is 16.8. The van der Waals surface area contributed by atoms with Gasteiger partial charge in [-0.25, -0.2) is 0 Å². The molecule has 0 spiro atoms. The zero-order valence-corrected chi connectivity index (χ0v) is 13.5. The number of hydrogen-bond acceptors (Lipinski definition) is 5. The topological polar surface area (TPSA) is 92.6 Å². The Labute approximate surface area is 137 Å². The molecule has 0 N–H and O–H groups in total. The number of ketones is 1. The summed E-state index contributed by atoms with van der Waals surface area (Å²) in [6.07, 6.45) is 10.2. The fourth-order valence-corrected chi connectivity index (χ4v) is 2.04. The minimum absolute atomic E-state index is 0. The molecule has 1 rings (SSSR count). The SMILES string of the molecule is CC(=O)/C=C(/C)[O-].O=C([O-])C=NC1CCCCCCC1.[Cu+2]. The summed E-state index contributed by atoms with van der Waals surface area (Å²) in [6.45, 7) is 2.70. The maximum absolute atomic E-state index is 10.1. The van der Waals surface area contributed by atoms with Crippen LogP contribution in [0.4, 0.5) is 0 Å². The van der Waals surface area contributed by atoms with Gasteiger partial charge >= 0.3 is 17.1 Å². The van der Waals surface area contributed by atoms with Gasteiger partial charge in [0.05, 0.1) is 5.97 Å². The summed E-state index contributed by atoms with van der Waals surface area (Å²) in [6, 6.07) is 0.221. The van der Waals surface area contributed by atoms with E-state index in [-0.39, 0.29) is 34.7 Å². The first kappa shape index (κ1) is 22.2. The number of carboxylic acids is 1. The monoisotopic (exact) mass is 344 g/mol. The van der Waals surface area contributed by atoms with Crippen molar-refractivity contribution in [3.8, 4) is 0 Å². The Kier molecular flexibility index (Phi) is 14.6. The molecule has 1 fully saturated rings. The average molecular weight is 345 g/mol. The van der Waals surface area contributed by atoms with Crippen LogP contribution in [0.15, 0.2) is 16.8 Å². The van der Waals surface area contributed by atoms with Gasteiger partial charge in [0.1, 0.15) is 0 Å². The zero-order valence-electron chi connectivity index (χ0n) is 12.6. The van der Waals surface area contributed by atoms with Crippen molar-refractivity contribution in [3.63, 3.8) is 0 Å². The van der Waals surface area contributed by atoms with E-state index in [0.29, 0.717) is 0 Å². The molecule has 0 aliphatic heterocycles. The Hall–Kier alpha value is -1.13. The normalized spacial score (nSPS) is 17.0. The van der Waals surface area contributed by atoms with E-state index in [1.165, 1.54) is 46.0 Å². The third-order valence-electron chi connectivity index (χ3n) is 2.87. The first-order chi connectivity index (χ1) is 9.41. The van der Waals surface area contributed by atoms with Gasteiger partial charge in [-0.15, -0.1) is 5.76 Å². The molecule has 5 nitrogen and oxygen atoms in total. The molecule has 1 saturated carbocycles. The van der Waals surface area contributed by atoms with Crippen molar-refractivity contribution in [1.29, 1.82) is 0 Å². The van der Waals surface area contributed by atoms with E-state index in [2.05, 4.69) is 4.99 Å². The number of carbonyl (C=O) groups is 2.